The monoisotopic (exact) mass is 363 g/mol. The van der Waals surface area contributed by atoms with Crippen LogP contribution in [0.5, 0.6) is 11.5 Å². The SMILES string of the molecule is Cn1ncc(-c2c3c(c(Br)c4c2OCCC4)OCCC3)c1N. The van der Waals surface area contributed by atoms with E-state index in [1.54, 1.807) is 4.68 Å². The van der Waals surface area contributed by atoms with Crippen molar-refractivity contribution in [2.45, 2.75) is 25.7 Å². The molecule has 3 heterocycles. The first kappa shape index (κ1) is 13.9. The Balaban J connectivity index is 2.05. The molecular weight excluding hydrogens is 346 g/mol. The second-order valence-electron chi connectivity index (χ2n) is 5.78. The fourth-order valence-corrected chi connectivity index (χ4v) is 4.05. The van der Waals surface area contributed by atoms with E-state index in [0.717, 1.165) is 66.0 Å². The molecule has 0 amide bonds. The van der Waals surface area contributed by atoms with E-state index in [0.29, 0.717) is 5.82 Å². The molecule has 2 aromatic rings. The maximum atomic E-state index is 6.23. The largest absolute Gasteiger partial charge is 0.493 e. The number of nitrogens with zero attached hydrogens (tertiary/aromatic N) is 2. The number of nitrogen functional groups attached to an aromatic ring is 1. The average Bonchev–Trinajstić information content (AvgIpc) is 2.88. The lowest BCUT2D eigenvalue weighted by Gasteiger charge is -2.29. The van der Waals surface area contributed by atoms with Crippen molar-refractivity contribution in [3.05, 3.63) is 21.8 Å². The zero-order valence-corrected chi connectivity index (χ0v) is 14.1. The molecule has 6 heteroatoms. The normalized spacial score (nSPS) is 16.5. The zero-order valence-electron chi connectivity index (χ0n) is 12.5. The number of aromatic nitrogens is 2. The quantitative estimate of drug-likeness (QED) is 0.845. The van der Waals surface area contributed by atoms with Gasteiger partial charge in [0, 0.05) is 29.3 Å². The summed E-state index contributed by atoms with van der Waals surface area (Å²) in [5, 5.41) is 4.30. The van der Waals surface area contributed by atoms with Gasteiger partial charge in [0.05, 0.1) is 23.9 Å². The van der Waals surface area contributed by atoms with Crippen molar-refractivity contribution in [1.82, 2.24) is 9.78 Å². The lowest BCUT2D eigenvalue weighted by Crippen LogP contribution is -2.16. The van der Waals surface area contributed by atoms with E-state index in [1.807, 2.05) is 13.2 Å². The highest BCUT2D eigenvalue weighted by Crippen LogP contribution is 2.51. The van der Waals surface area contributed by atoms with Gasteiger partial charge in [-0.3, -0.25) is 4.68 Å². The third-order valence-electron chi connectivity index (χ3n) is 4.43. The minimum absolute atomic E-state index is 0.659. The van der Waals surface area contributed by atoms with Crippen LogP contribution in [0.15, 0.2) is 10.7 Å². The molecule has 0 aliphatic carbocycles. The van der Waals surface area contributed by atoms with Crippen LogP contribution in [0, 0.1) is 0 Å². The molecule has 5 nitrogen and oxygen atoms in total. The molecule has 2 N–H and O–H groups in total. The molecule has 2 aliphatic rings. The highest BCUT2D eigenvalue weighted by molar-refractivity contribution is 9.10. The first-order chi connectivity index (χ1) is 10.7. The van der Waals surface area contributed by atoms with Gasteiger partial charge in [0.25, 0.3) is 0 Å². The topological polar surface area (TPSA) is 62.3 Å². The third kappa shape index (κ3) is 1.93. The van der Waals surface area contributed by atoms with Gasteiger partial charge in [0.2, 0.25) is 0 Å². The Hall–Kier alpha value is -1.69. The molecule has 2 aliphatic heterocycles. The van der Waals surface area contributed by atoms with Crippen LogP contribution in [0.25, 0.3) is 11.1 Å². The molecule has 1 aromatic carbocycles. The maximum Gasteiger partial charge on any atom is 0.137 e. The molecule has 22 heavy (non-hydrogen) atoms. The molecule has 0 unspecified atom stereocenters. The number of ether oxygens (including phenoxy) is 2. The maximum absolute atomic E-state index is 6.23. The number of hydrogen-bond donors (Lipinski definition) is 1. The van der Waals surface area contributed by atoms with Crippen LogP contribution < -0.4 is 15.2 Å². The van der Waals surface area contributed by atoms with Crippen LogP contribution in [0.3, 0.4) is 0 Å². The van der Waals surface area contributed by atoms with Gasteiger partial charge in [-0.2, -0.15) is 5.10 Å². The standard InChI is InChI=1S/C16H18BrN3O2/c1-20-16(18)11(8-19-20)12-9-4-2-7-22-15(9)13(17)10-5-3-6-21-14(10)12/h8H,2-7,18H2,1H3. The number of nitrogens with two attached hydrogens (primary N) is 1. The molecule has 4 rings (SSSR count). The van der Waals surface area contributed by atoms with Crippen molar-refractivity contribution in [2.24, 2.45) is 7.05 Å². The second-order valence-corrected chi connectivity index (χ2v) is 6.57. The Bertz CT molecular complexity index is 717. The van der Waals surface area contributed by atoms with E-state index < -0.39 is 0 Å². The number of rotatable bonds is 1. The van der Waals surface area contributed by atoms with Crippen molar-refractivity contribution in [3.8, 4) is 22.6 Å². The summed E-state index contributed by atoms with van der Waals surface area (Å²) in [7, 11) is 1.86. The van der Waals surface area contributed by atoms with Crippen molar-refractivity contribution in [2.75, 3.05) is 18.9 Å². The molecule has 0 fully saturated rings. The summed E-state index contributed by atoms with van der Waals surface area (Å²) in [5.74, 6) is 2.56. The first-order valence-electron chi connectivity index (χ1n) is 7.59. The molecule has 0 saturated carbocycles. The van der Waals surface area contributed by atoms with Crippen molar-refractivity contribution < 1.29 is 9.47 Å². The Labute approximate surface area is 137 Å². The van der Waals surface area contributed by atoms with Gasteiger partial charge in [-0.1, -0.05) is 0 Å². The summed E-state index contributed by atoms with van der Waals surface area (Å²) in [4.78, 5) is 0. The van der Waals surface area contributed by atoms with Crippen LogP contribution in [0.4, 0.5) is 5.82 Å². The van der Waals surface area contributed by atoms with E-state index in [4.69, 9.17) is 15.2 Å². The van der Waals surface area contributed by atoms with Gasteiger partial charge in [-0.05, 0) is 41.6 Å². The number of aryl methyl sites for hydroxylation is 1. The van der Waals surface area contributed by atoms with Crippen LogP contribution in [-0.2, 0) is 19.9 Å². The van der Waals surface area contributed by atoms with Crippen molar-refractivity contribution in [3.63, 3.8) is 0 Å². The van der Waals surface area contributed by atoms with E-state index >= 15 is 0 Å². The number of fused-ring (bicyclic) bond motifs is 2. The summed E-state index contributed by atoms with van der Waals surface area (Å²) >= 11 is 3.73. The fraction of sp³-hybridized carbons (Fsp3) is 0.438. The number of benzene rings is 1. The minimum Gasteiger partial charge on any atom is -0.493 e. The Kier molecular flexibility index (Phi) is 3.29. The summed E-state index contributed by atoms with van der Waals surface area (Å²) in [5.41, 5.74) is 10.6. The lowest BCUT2D eigenvalue weighted by molar-refractivity contribution is 0.272. The Morgan fingerprint density at radius 2 is 1.82 bits per heavy atom. The van der Waals surface area contributed by atoms with E-state index in [-0.39, 0.29) is 0 Å². The summed E-state index contributed by atoms with van der Waals surface area (Å²) in [6.45, 7) is 1.50. The highest BCUT2D eigenvalue weighted by Gasteiger charge is 2.30. The van der Waals surface area contributed by atoms with Gasteiger partial charge < -0.3 is 15.2 Å². The van der Waals surface area contributed by atoms with Gasteiger partial charge in [-0.25, -0.2) is 0 Å². The Morgan fingerprint density at radius 3 is 2.50 bits per heavy atom. The molecule has 0 spiro atoms. The smallest absolute Gasteiger partial charge is 0.137 e. The number of anilines is 1. The predicted octanol–water partition coefficient (Wildman–Crippen LogP) is 3.08. The lowest BCUT2D eigenvalue weighted by atomic mass is 9.90. The molecular formula is C16H18BrN3O2. The van der Waals surface area contributed by atoms with Gasteiger partial charge in [0.15, 0.2) is 0 Å². The van der Waals surface area contributed by atoms with Crippen molar-refractivity contribution >= 4 is 21.7 Å². The molecule has 116 valence electrons. The molecule has 0 saturated heterocycles. The predicted molar refractivity (Wildman–Crippen MR) is 88.4 cm³/mol. The fourth-order valence-electron chi connectivity index (χ4n) is 3.31. The van der Waals surface area contributed by atoms with Crippen LogP contribution in [0.2, 0.25) is 0 Å². The summed E-state index contributed by atoms with van der Waals surface area (Å²) in [6.07, 6.45) is 5.80. The van der Waals surface area contributed by atoms with Crippen LogP contribution in [0.1, 0.15) is 24.0 Å². The molecule has 0 atom stereocenters. The van der Waals surface area contributed by atoms with Crippen LogP contribution >= 0.6 is 15.9 Å². The van der Waals surface area contributed by atoms with Gasteiger partial charge in [0.1, 0.15) is 17.3 Å². The third-order valence-corrected chi connectivity index (χ3v) is 5.27. The van der Waals surface area contributed by atoms with Crippen molar-refractivity contribution in [1.29, 1.82) is 0 Å². The summed E-state index contributed by atoms with van der Waals surface area (Å²) < 4.78 is 14.7. The minimum atomic E-state index is 0.659. The van der Waals surface area contributed by atoms with E-state index in [2.05, 4.69) is 21.0 Å². The Morgan fingerprint density at radius 1 is 1.14 bits per heavy atom. The molecule has 0 bridgehead atoms. The van der Waals surface area contributed by atoms with Gasteiger partial charge >= 0.3 is 0 Å². The zero-order chi connectivity index (χ0) is 15.3. The van der Waals surface area contributed by atoms with E-state index in [9.17, 15) is 0 Å². The highest BCUT2D eigenvalue weighted by atomic mass is 79.9. The second kappa shape index (κ2) is 5.19. The first-order valence-corrected chi connectivity index (χ1v) is 8.38. The average molecular weight is 364 g/mol. The number of halogens is 1. The summed E-state index contributed by atoms with van der Waals surface area (Å²) in [6, 6.07) is 0. The number of hydrogen-bond acceptors (Lipinski definition) is 4. The van der Waals surface area contributed by atoms with E-state index in [1.165, 1.54) is 11.1 Å². The van der Waals surface area contributed by atoms with Gasteiger partial charge in [-0.15, -0.1) is 0 Å². The molecule has 0 radical (unpaired) electrons. The van der Waals surface area contributed by atoms with Crippen LogP contribution in [-0.4, -0.2) is 23.0 Å². The molecule has 1 aromatic heterocycles.